The minimum absolute atomic E-state index is 0. The van der Waals surface area contributed by atoms with Crippen LogP contribution in [0.3, 0.4) is 0 Å². The van der Waals surface area contributed by atoms with Crippen molar-refractivity contribution < 1.29 is 17.9 Å². The summed E-state index contributed by atoms with van der Waals surface area (Å²) in [6.45, 7) is 3.69. The normalized spacial score (nSPS) is 11.7. The highest BCUT2D eigenvalue weighted by atomic mass is 32.2. The fourth-order valence-electron chi connectivity index (χ4n) is 2.37. The highest BCUT2D eigenvalue weighted by Crippen LogP contribution is 2.31. The largest absolute Gasteiger partial charge is 0.392 e. The fraction of sp³-hybridized carbons (Fsp3) is 0.368. The van der Waals surface area contributed by atoms with Crippen LogP contribution >= 0.6 is 0 Å². The monoisotopic (exact) mass is 395 g/mol. The summed E-state index contributed by atoms with van der Waals surface area (Å²) < 4.78 is 38.1. The molecule has 0 saturated carbocycles. The van der Waals surface area contributed by atoms with Crippen LogP contribution in [0.5, 0.6) is 0 Å². The SMILES string of the molecule is C.CC(C)c1nc(N(C)S(C)(=O)=O)nc(-c2ccc(F)cc2)c1/C=C/CO. The maximum atomic E-state index is 13.3. The number of halogens is 1. The maximum Gasteiger partial charge on any atom is 0.239 e. The fourth-order valence-corrected chi connectivity index (χ4v) is 2.74. The van der Waals surface area contributed by atoms with E-state index in [1.54, 1.807) is 24.3 Å². The average Bonchev–Trinajstić information content (AvgIpc) is 2.58. The molecule has 0 unspecified atom stereocenters. The third-order valence-electron chi connectivity index (χ3n) is 3.80. The van der Waals surface area contributed by atoms with Crippen LogP contribution < -0.4 is 4.31 Å². The zero-order valence-electron chi connectivity index (χ0n) is 15.1. The smallest absolute Gasteiger partial charge is 0.239 e. The van der Waals surface area contributed by atoms with Crippen LogP contribution in [0.2, 0.25) is 0 Å². The first-order chi connectivity index (χ1) is 12.1. The van der Waals surface area contributed by atoms with Crippen LogP contribution in [-0.4, -0.2) is 43.4 Å². The predicted molar refractivity (Wildman–Crippen MR) is 108 cm³/mol. The molecule has 0 radical (unpaired) electrons. The number of benzene rings is 1. The lowest BCUT2D eigenvalue weighted by Gasteiger charge is -2.20. The van der Waals surface area contributed by atoms with E-state index in [-0.39, 0.29) is 31.7 Å². The first-order valence-electron chi connectivity index (χ1n) is 8.04. The topological polar surface area (TPSA) is 83.4 Å². The number of aromatic nitrogens is 2. The molecule has 2 aromatic rings. The van der Waals surface area contributed by atoms with Crippen LogP contribution in [0.1, 0.15) is 38.4 Å². The van der Waals surface area contributed by atoms with Gasteiger partial charge in [0.05, 0.1) is 24.3 Å². The summed E-state index contributed by atoms with van der Waals surface area (Å²) in [5.74, 6) is -0.369. The molecule has 1 aromatic heterocycles. The van der Waals surface area contributed by atoms with E-state index < -0.39 is 10.0 Å². The molecule has 0 aliphatic carbocycles. The van der Waals surface area contributed by atoms with Gasteiger partial charge in [-0.15, -0.1) is 0 Å². The van der Waals surface area contributed by atoms with Gasteiger partial charge in [0.15, 0.2) is 0 Å². The average molecular weight is 396 g/mol. The molecule has 8 heteroatoms. The van der Waals surface area contributed by atoms with E-state index >= 15 is 0 Å². The lowest BCUT2D eigenvalue weighted by atomic mass is 9.98. The zero-order chi connectivity index (χ0) is 19.5. The van der Waals surface area contributed by atoms with E-state index in [0.29, 0.717) is 22.5 Å². The van der Waals surface area contributed by atoms with Crippen molar-refractivity contribution in [2.45, 2.75) is 27.2 Å². The highest BCUT2D eigenvalue weighted by molar-refractivity contribution is 7.92. The van der Waals surface area contributed by atoms with Gasteiger partial charge in [0.25, 0.3) is 0 Å². The van der Waals surface area contributed by atoms with Crippen molar-refractivity contribution >= 4 is 22.0 Å². The van der Waals surface area contributed by atoms with Gasteiger partial charge in [0.1, 0.15) is 5.82 Å². The second-order valence-corrected chi connectivity index (χ2v) is 8.16. The van der Waals surface area contributed by atoms with Crippen molar-refractivity contribution in [3.63, 3.8) is 0 Å². The summed E-state index contributed by atoms with van der Waals surface area (Å²) in [4.78, 5) is 8.84. The Balaban J connectivity index is 0.00000364. The second kappa shape index (κ2) is 9.05. The zero-order valence-corrected chi connectivity index (χ0v) is 16.0. The van der Waals surface area contributed by atoms with Gasteiger partial charge in [-0.1, -0.05) is 33.4 Å². The molecule has 1 aromatic carbocycles. The van der Waals surface area contributed by atoms with Gasteiger partial charge in [0.2, 0.25) is 16.0 Å². The van der Waals surface area contributed by atoms with Crippen molar-refractivity contribution in [1.82, 2.24) is 9.97 Å². The molecule has 6 nitrogen and oxygen atoms in total. The lowest BCUT2D eigenvalue weighted by Crippen LogP contribution is -2.27. The number of hydrogen-bond acceptors (Lipinski definition) is 5. The Kier molecular flexibility index (Phi) is 7.62. The Morgan fingerprint density at radius 2 is 1.81 bits per heavy atom. The Labute approximate surface area is 160 Å². The van der Waals surface area contributed by atoms with Gasteiger partial charge >= 0.3 is 0 Å². The van der Waals surface area contributed by atoms with Crippen molar-refractivity contribution in [2.24, 2.45) is 0 Å². The number of rotatable bonds is 6. The molecule has 0 atom stereocenters. The Bertz CT molecular complexity index is 911. The summed E-state index contributed by atoms with van der Waals surface area (Å²) in [5.41, 5.74) is 2.39. The molecule has 1 heterocycles. The Morgan fingerprint density at radius 1 is 1.22 bits per heavy atom. The van der Waals surface area contributed by atoms with Gasteiger partial charge in [-0.2, -0.15) is 0 Å². The standard InChI is InChI=1S/C18H22FN3O3S.CH4/c1-12(2)16-15(6-5-11-23)17(13-7-9-14(19)10-8-13)21-18(20-16)22(3)26(4,24)25;/h5-10,12,23H,11H2,1-4H3;1H4/b6-5+;. The number of nitrogens with zero attached hydrogens (tertiary/aromatic N) is 3. The Morgan fingerprint density at radius 3 is 2.30 bits per heavy atom. The first kappa shape index (κ1) is 22.7. The molecule has 1 N–H and O–H groups in total. The molecular weight excluding hydrogens is 369 g/mol. The molecule has 0 amide bonds. The van der Waals surface area contributed by atoms with Crippen molar-refractivity contribution in [2.75, 3.05) is 24.2 Å². The number of hydrogen-bond donors (Lipinski definition) is 1. The van der Waals surface area contributed by atoms with E-state index in [1.165, 1.54) is 19.2 Å². The minimum atomic E-state index is -3.54. The van der Waals surface area contributed by atoms with E-state index in [1.807, 2.05) is 13.8 Å². The van der Waals surface area contributed by atoms with Gasteiger partial charge in [-0.05, 0) is 30.2 Å². The summed E-state index contributed by atoms with van der Waals surface area (Å²) >= 11 is 0. The predicted octanol–water partition coefficient (Wildman–Crippen LogP) is 3.44. The van der Waals surface area contributed by atoms with Crippen molar-refractivity contribution in [3.05, 3.63) is 47.4 Å². The summed E-state index contributed by atoms with van der Waals surface area (Å²) in [6.07, 6.45) is 4.32. The van der Waals surface area contributed by atoms with E-state index in [0.717, 1.165) is 10.6 Å². The summed E-state index contributed by atoms with van der Waals surface area (Å²) in [5, 5.41) is 9.14. The molecule has 0 bridgehead atoms. The molecule has 0 aliphatic rings. The van der Waals surface area contributed by atoms with E-state index in [9.17, 15) is 12.8 Å². The lowest BCUT2D eigenvalue weighted by molar-refractivity contribution is 0.343. The molecule has 0 saturated heterocycles. The van der Waals surface area contributed by atoms with Gasteiger partial charge < -0.3 is 5.11 Å². The van der Waals surface area contributed by atoms with Crippen LogP contribution in [0, 0.1) is 5.82 Å². The Hall–Kier alpha value is -2.32. The second-order valence-electron chi connectivity index (χ2n) is 6.15. The number of anilines is 1. The van der Waals surface area contributed by atoms with Gasteiger partial charge in [-0.3, -0.25) is 0 Å². The minimum Gasteiger partial charge on any atom is -0.392 e. The molecular formula is C19H26FN3O3S. The molecule has 2 rings (SSSR count). The number of aliphatic hydroxyl groups is 1. The van der Waals surface area contributed by atoms with Crippen LogP contribution in [0.25, 0.3) is 17.3 Å². The molecule has 0 spiro atoms. The van der Waals surface area contributed by atoms with Gasteiger partial charge in [0, 0.05) is 18.2 Å². The summed E-state index contributed by atoms with van der Waals surface area (Å²) in [6, 6.07) is 5.77. The molecule has 0 fully saturated rings. The first-order valence-corrected chi connectivity index (χ1v) is 9.89. The third kappa shape index (κ3) is 5.33. The van der Waals surface area contributed by atoms with Crippen LogP contribution in [0.15, 0.2) is 30.3 Å². The van der Waals surface area contributed by atoms with E-state index in [4.69, 9.17) is 5.11 Å². The molecule has 27 heavy (non-hydrogen) atoms. The van der Waals surface area contributed by atoms with Crippen molar-refractivity contribution in [1.29, 1.82) is 0 Å². The molecule has 148 valence electrons. The maximum absolute atomic E-state index is 13.3. The third-order valence-corrected chi connectivity index (χ3v) is 4.96. The number of sulfonamides is 1. The van der Waals surface area contributed by atoms with Crippen LogP contribution in [0.4, 0.5) is 10.3 Å². The van der Waals surface area contributed by atoms with Gasteiger partial charge in [-0.25, -0.2) is 27.1 Å². The summed E-state index contributed by atoms with van der Waals surface area (Å²) in [7, 11) is -2.16. The molecule has 0 aliphatic heterocycles. The van der Waals surface area contributed by atoms with Crippen molar-refractivity contribution in [3.8, 4) is 11.3 Å². The quantitative estimate of drug-likeness (QED) is 0.810. The van der Waals surface area contributed by atoms with E-state index in [2.05, 4.69) is 9.97 Å². The highest BCUT2D eigenvalue weighted by Gasteiger charge is 2.21. The van der Waals surface area contributed by atoms with Crippen LogP contribution in [-0.2, 0) is 10.0 Å². The number of aliphatic hydroxyl groups excluding tert-OH is 1.